The molecule has 1 saturated heterocycles. The third-order valence-corrected chi connectivity index (χ3v) is 5.53. The first-order valence-corrected chi connectivity index (χ1v) is 10.1. The lowest BCUT2D eigenvalue weighted by molar-refractivity contribution is -0.145. The highest BCUT2D eigenvalue weighted by Gasteiger charge is 2.36. The van der Waals surface area contributed by atoms with Gasteiger partial charge in [-0.1, -0.05) is 57.9 Å². The smallest absolute Gasteiger partial charge is 0.333 e. The molecule has 1 aliphatic heterocycles. The average molecular weight is 459 g/mol. The Hall–Kier alpha value is -2.67. The maximum absolute atomic E-state index is 12.8. The molecule has 6 nitrogen and oxygen atoms in total. The lowest BCUT2D eigenvalue weighted by Gasteiger charge is -2.20. The molecule has 2 unspecified atom stereocenters. The first-order chi connectivity index (χ1) is 13.9. The molecule has 2 atom stereocenters. The molecular formula is C22H23BrN2O4. The lowest BCUT2D eigenvalue weighted by Crippen LogP contribution is -2.39. The van der Waals surface area contributed by atoms with Crippen molar-refractivity contribution >= 4 is 33.7 Å². The number of nitrogens with zero attached hydrogens (tertiary/aromatic N) is 1. The van der Waals surface area contributed by atoms with E-state index in [0.717, 1.165) is 15.6 Å². The van der Waals surface area contributed by atoms with Gasteiger partial charge in [-0.15, -0.1) is 0 Å². The van der Waals surface area contributed by atoms with Crippen LogP contribution in [0, 0.1) is 12.8 Å². The second-order valence-electron chi connectivity index (χ2n) is 7.18. The summed E-state index contributed by atoms with van der Waals surface area (Å²) in [4.78, 5) is 39.1. The first-order valence-electron chi connectivity index (χ1n) is 9.34. The molecule has 0 bridgehead atoms. The van der Waals surface area contributed by atoms with Gasteiger partial charge in [0.05, 0.1) is 13.0 Å². The number of likely N-dealkylation sites (tertiary alicyclic amines) is 1. The number of methoxy groups -OCH3 is 1. The molecule has 2 aromatic rings. The van der Waals surface area contributed by atoms with Crippen LogP contribution in [0.1, 0.15) is 29.2 Å². The van der Waals surface area contributed by atoms with Crippen molar-refractivity contribution in [3.8, 4) is 0 Å². The number of nitrogens with one attached hydrogen (secondary N) is 1. The van der Waals surface area contributed by atoms with E-state index in [1.807, 2.05) is 31.2 Å². The molecule has 0 radical (unpaired) electrons. The summed E-state index contributed by atoms with van der Waals surface area (Å²) in [6.07, 6.45) is 0.131. The zero-order chi connectivity index (χ0) is 21.0. The van der Waals surface area contributed by atoms with Gasteiger partial charge in [-0.25, -0.2) is 4.79 Å². The molecule has 29 heavy (non-hydrogen) atoms. The summed E-state index contributed by atoms with van der Waals surface area (Å²) in [6, 6.07) is 14.1. The Kier molecular flexibility index (Phi) is 6.69. The molecule has 0 saturated carbocycles. The van der Waals surface area contributed by atoms with E-state index in [1.54, 1.807) is 29.2 Å². The van der Waals surface area contributed by atoms with Crippen LogP contribution in [0.25, 0.3) is 0 Å². The Morgan fingerprint density at radius 2 is 1.83 bits per heavy atom. The van der Waals surface area contributed by atoms with Gasteiger partial charge in [-0.05, 0) is 30.2 Å². The summed E-state index contributed by atoms with van der Waals surface area (Å²) in [5.41, 5.74) is 2.79. The monoisotopic (exact) mass is 458 g/mol. The molecule has 1 fully saturated rings. The molecule has 2 amide bonds. The first kappa shape index (κ1) is 21.0. The van der Waals surface area contributed by atoms with Gasteiger partial charge in [-0.3, -0.25) is 9.59 Å². The summed E-state index contributed by atoms with van der Waals surface area (Å²) in [5.74, 6) is -1.45. The fourth-order valence-electron chi connectivity index (χ4n) is 3.33. The van der Waals surface area contributed by atoms with Crippen LogP contribution >= 0.6 is 15.9 Å². The molecule has 3 rings (SSSR count). The van der Waals surface area contributed by atoms with Crippen LogP contribution in [0.2, 0.25) is 0 Å². The number of amides is 2. The number of esters is 1. The molecule has 1 heterocycles. The zero-order valence-corrected chi connectivity index (χ0v) is 17.9. The highest BCUT2D eigenvalue weighted by molar-refractivity contribution is 9.10. The number of rotatable bonds is 6. The Bertz CT molecular complexity index is 896. The van der Waals surface area contributed by atoms with E-state index in [4.69, 9.17) is 4.74 Å². The van der Waals surface area contributed by atoms with Gasteiger partial charge >= 0.3 is 5.97 Å². The maximum Gasteiger partial charge on any atom is 0.333 e. The van der Waals surface area contributed by atoms with Crippen LogP contribution in [0.5, 0.6) is 0 Å². The van der Waals surface area contributed by atoms with Crippen molar-refractivity contribution in [2.75, 3.05) is 13.7 Å². The number of hydrogen-bond donors (Lipinski definition) is 1. The topological polar surface area (TPSA) is 75.7 Å². The number of benzene rings is 2. The summed E-state index contributed by atoms with van der Waals surface area (Å²) in [6.45, 7) is 2.80. The van der Waals surface area contributed by atoms with Crippen LogP contribution < -0.4 is 5.32 Å². The third-order valence-electron chi connectivity index (χ3n) is 5.01. The molecule has 7 heteroatoms. The van der Waals surface area contributed by atoms with E-state index in [9.17, 15) is 14.4 Å². The summed E-state index contributed by atoms with van der Waals surface area (Å²) in [7, 11) is 1.28. The number of hydrogen-bond acceptors (Lipinski definition) is 4. The average Bonchev–Trinajstić information content (AvgIpc) is 3.08. The fourth-order valence-corrected chi connectivity index (χ4v) is 3.59. The third kappa shape index (κ3) is 5.23. The Morgan fingerprint density at radius 1 is 1.17 bits per heavy atom. The molecule has 0 spiro atoms. The van der Waals surface area contributed by atoms with Gasteiger partial charge in [0.2, 0.25) is 11.8 Å². The van der Waals surface area contributed by atoms with Gasteiger partial charge in [-0.2, -0.15) is 0 Å². The second kappa shape index (κ2) is 9.22. The van der Waals surface area contributed by atoms with Gasteiger partial charge in [0, 0.05) is 24.0 Å². The molecule has 152 valence electrons. The predicted molar refractivity (Wildman–Crippen MR) is 112 cm³/mol. The van der Waals surface area contributed by atoms with Gasteiger partial charge in [0.25, 0.3) is 0 Å². The molecule has 0 aromatic heterocycles. The number of aryl methyl sites for hydroxylation is 1. The van der Waals surface area contributed by atoms with Gasteiger partial charge in [0.15, 0.2) is 6.04 Å². The minimum Gasteiger partial charge on any atom is -0.467 e. The van der Waals surface area contributed by atoms with Crippen molar-refractivity contribution in [1.29, 1.82) is 0 Å². The highest BCUT2D eigenvalue weighted by atomic mass is 79.9. The van der Waals surface area contributed by atoms with Gasteiger partial charge in [0.1, 0.15) is 0 Å². The lowest BCUT2D eigenvalue weighted by atomic mass is 10.0. The maximum atomic E-state index is 12.8. The van der Waals surface area contributed by atoms with E-state index < -0.39 is 17.9 Å². The molecule has 2 aromatic carbocycles. The number of ether oxygens (including phenoxy) is 1. The quantitative estimate of drug-likeness (QED) is 0.674. The van der Waals surface area contributed by atoms with Crippen LogP contribution in [0.3, 0.4) is 0 Å². The molecular weight excluding hydrogens is 436 g/mol. The molecule has 0 aliphatic carbocycles. The SMILES string of the molecule is COC(=O)C(NC(=O)C1CC(=O)N(Cc2ccc(C)cc2)C1)c1ccc(Br)cc1. The van der Waals surface area contributed by atoms with Crippen molar-refractivity contribution in [1.82, 2.24) is 10.2 Å². The minimum atomic E-state index is -0.915. The Morgan fingerprint density at radius 3 is 2.45 bits per heavy atom. The predicted octanol–water partition coefficient (Wildman–Crippen LogP) is 3.14. The van der Waals surface area contributed by atoms with Crippen LogP contribution in [-0.4, -0.2) is 36.3 Å². The number of halogens is 1. The van der Waals surface area contributed by atoms with Crippen molar-refractivity contribution < 1.29 is 19.1 Å². The minimum absolute atomic E-state index is 0.0658. The molecule has 1 aliphatic rings. The van der Waals surface area contributed by atoms with Crippen molar-refractivity contribution in [2.24, 2.45) is 5.92 Å². The summed E-state index contributed by atoms with van der Waals surface area (Å²) >= 11 is 3.35. The van der Waals surface area contributed by atoms with E-state index in [1.165, 1.54) is 7.11 Å². The van der Waals surface area contributed by atoms with Crippen LogP contribution in [0.4, 0.5) is 0 Å². The zero-order valence-electron chi connectivity index (χ0n) is 16.4. The summed E-state index contributed by atoms with van der Waals surface area (Å²) in [5, 5.41) is 2.75. The van der Waals surface area contributed by atoms with Crippen molar-refractivity contribution in [2.45, 2.75) is 25.9 Å². The van der Waals surface area contributed by atoms with Crippen LogP contribution in [0.15, 0.2) is 53.0 Å². The van der Waals surface area contributed by atoms with Crippen molar-refractivity contribution in [3.05, 3.63) is 69.7 Å². The Labute approximate surface area is 178 Å². The largest absolute Gasteiger partial charge is 0.467 e. The number of carbonyl (C=O) groups excluding carboxylic acids is 3. The summed E-state index contributed by atoms with van der Waals surface area (Å²) < 4.78 is 5.71. The van der Waals surface area contributed by atoms with E-state index in [0.29, 0.717) is 18.7 Å². The second-order valence-corrected chi connectivity index (χ2v) is 8.09. The fraction of sp³-hybridized carbons (Fsp3) is 0.318. The van der Waals surface area contributed by atoms with Crippen molar-refractivity contribution in [3.63, 3.8) is 0 Å². The van der Waals surface area contributed by atoms with E-state index >= 15 is 0 Å². The Balaban J connectivity index is 1.67. The van der Waals surface area contributed by atoms with E-state index in [-0.39, 0.29) is 18.2 Å². The standard InChI is InChI=1S/C22H23BrN2O4/c1-14-3-5-15(6-4-14)12-25-13-17(11-19(25)26)21(27)24-20(22(28)29-2)16-7-9-18(23)10-8-16/h3-10,17,20H,11-13H2,1-2H3,(H,24,27). The van der Waals surface area contributed by atoms with E-state index in [2.05, 4.69) is 21.2 Å². The van der Waals surface area contributed by atoms with Gasteiger partial charge < -0.3 is 15.0 Å². The normalized spacial score (nSPS) is 17.1. The molecule has 1 N–H and O–H groups in total. The highest BCUT2D eigenvalue weighted by Crippen LogP contribution is 2.23. The van der Waals surface area contributed by atoms with Crippen LogP contribution in [-0.2, 0) is 25.7 Å². The number of carbonyl (C=O) groups is 3.